The molecule has 15 heavy (non-hydrogen) atoms. The molecule has 2 nitrogen and oxygen atoms in total. The number of carbonyl (C=O) groups is 1. The summed E-state index contributed by atoms with van der Waals surface area (Å²) in [7, 11) is 0. The van der Waals surface area contributed by atoms with Gasteiger partial charge in [-0.1, -0.05) is 34.1 Å². The largest absolute Gasteiger partial charge is 0.356 e. The molecule has 82 valence electrons. The Kier molecular flexibility index (Phi) is 5.79. The summed E-state index contributed by atoms with van der Waals surface area (Å²) in [6.07, 6.45) is 0. The molecule has 1 amide bonds. The van der Waals surface area contributed by atoms with E-state index in [1.165, 1.54) is 5.56 Å². The van der Waals surface area contributed by atoms with Crippen LogP contribution < -0.4 is 5.32 Å². The zero-order valence-electron chi connectivity index (χ0n) is 8.63. The van der Waals surface area contributed by atoms with E-state index >= 15 is 0 Å². The average molecular weight is 288 g/mol. The van der Waals surface area contributed by atoms with Crippen LogP contribution in [0.2, 0.25) is 0 Å². The van der Waals surface area contributed by atoms with Crippen LogP contribution in [0.25, 0.3) is 0 Å². The van der Waals surface area contributed by atoms with E-state index in [0.29, 0.717) is 12.3 Å². The van der Waals surface area contributed by atoms with Gasteiger partial charge in [-0.2, -0.15) is 0 Å². The minimum Gasteiger partial charge on any atom is -0.356 e. The minimum absolute atomic E-state index is 0.106. The Labute approximate surface area is 103 Å². The molecule has 0 bridgehead atoms. The molecule has 1 aromatic rings. The maximum absolute atomic E-state index is 11.2. The highest BCUT2D eigenvalue weighted by Gasteiger charge is 2.02. The molecule has 0 aliphatic carbocycles. The summed E-state index contributed by atoms with van der Waals surface area (Å²) < 4.78 is 1.10. The highest BCUT2D eigenvalue weighted by Crippen LogP contribution is 2.20. The molecule has 0 fully saturated rings. The van der Waals surface area contributed by atoms with Crippen molar-refractivity contribution in [2.45, 2.75) is 12.7 Å². The van der Waals surface area contributed by atoms with Gasteiger partial charge in [-0.25, -0.2) is 0 Å². The van der Waals surface area contributed by atoms with Crippen molar-refractivity contribution in [3.05, 3.63) is 34.3 Å². The number of halogens is 1. The van der Waals surface area contributed by atoms with Crippen LogP contribution in [-0.4, -0.2) is 18.2 Å². The number of hydrogen-bond donors (Lipinski definition) is 1. The second kappa shape index (κ2) is 6.90. The Balaban J connectivity index is 2.32. The van der Waals surface area contributed by atoms with Gasteiger partial charge in [0.2, 0.25) is 5.91 Å². The first-order chi connectivity index (χ1) is 7.24. The maximum Gasteiger partial charge on any atom is 0.229 e. The standard InChI is InChI=1S/C11H14BrNOS/c1-2-13-11(14)8-15-7-9-5-3-4-6-10(9)12/h3-6H,2,7-8H2,1H3,(H,13,14). The number of benzene rings is 1. The smallest absolute Gasteiger partial charge is 0.229 e. The van der Waals surface area contributed by atoms with E-state index < -0.39 is 0 Å². The lowest BCUT2D eigenvalue weighted by molar-refractivity contribution is -0.118. The lowest BCUT2D eigenvalue weighted by Gasteiger charge is -2.04. The van der Waals surface area contributed by atoms with Crippen LogP contribution >= 0.6 is 27.7 Å². The minimum atomic E-state index is 0.106. The van der Waals surface area contributed by atoms with Crippen LogP contribution in [0.1, 0.15) is 12.5 Å². The van der Waals surface area contributed by atoms with Gasteiger partial charge < -0.3 is 5.32 Å². The Hall–Kier alpha value is -0.480. The van der Waals surface area contributed by atoms with Gasteiger partial charge in [0, 0.05) is 16.8 Å². The zero-order chi connectivity index (χ0) is 11.1. The molecule has 0 atom stereocenters. The fourth-order valence-electron chi connectivity index (χ4n) is 1.12. The summed E-state index contributed by atoms with van der Waals surface area (Å²) >= 11 is 5.11. The van der Waals surface area contributed by atoms with Gasteiger partial charge in [0.15, 0.2) is 0 Å². The summed E-state index contributed by atoms with van der Waals surface area (Å²) in [5, 5.41) is 2.77. The van der Waals surface area contributed by atoms with Crippen LogP contribution in [0, 0.1) is 0 Å². The Bertz CT molecular complexity index is 330. The van der Waals surface area contributed by atoms with Gasteiger partial charge in [0.1, 0.15) is 0 Å². The highest BCUT2D eigenvalue weighted by molar-refractivity contribution is 9.10. The summed E-state index contributed by atoms with van der Waals surface area (Å²) in [6, 6.07) is 8.08. The molecule has 1 aromatic carbocycles. The SMILES string of the molecule is CCNC(=O)CSCc1ccccc1Br. The maximum atomic E-state index is 11.2. The van der Waals surface area contributed by atoms with Gasteiger partial charge in [0.25, 0.3) is 0 Å². The third-order valence-electron chi connectivity index (χ3n) is 1.82. The predicted octanol–water partition coefficient (Wildman–Crippen LogP) is 2.82. The number of carbonyl (C=O) groups excluding carboxylic acids is 1. The van der Waals surface area contributed by atoms with Crippen LogP contribution in [0.5, 0.6) is 0 Å². The van der Waals surface area contributed by atoms with Crippen molar-refractivity contribution in [2.75, 3.05) is 12.3 Å². The summed E-state index contributed by atoms with van der Waals surface area (Å²) in [4.78, 5) is 11.2. The number of nitrogens with one attached hydrogen (secondary N) is 1. The van der Waals surface area contributed by atoms with Crippen molar-refractivity contribution in [1.29, 1.82) is 0 Å². The van der Waals surface area contributed by atoms with E-state index in [2.05, 4.69) is 27.3 Å². The van der Waals surface area contributed by atoms with Gasteiger partial charge in [-0.05, 0) is 18.6 Å². The summed E-state index contributed by atoms with van der Waals surface area (Å²) in [5.41, 5.74) is 1.23. The van der Waals surface area contributed by atoms with E-state index in [1.807, 2.05) is 25.1 Å². The van der Waals surface area contributed by atoms with Gasteiger partial charge >= 0.3 is 0 Å². The van der Waals surface area contributed by atoms with Crippen molar-refractivity contribution in [3.63, 3.8) is 0 Å². The van der Waals surface area contributed by atoms with Crippen molar-refractivity contribution >= 4 is 33.6 Å². The van der Waals surface area contributed by atoms with E-state index in [9.17, 15) is 4.79 Å². The number of amides is 1. The first-order valence-corrected chi connectivity index (χ1v) is 6.76. The lowest BCUT2D eigenvalue weighted by atomic mass is 10.2. The number of hydrogen-bond acceptors (Lipinski definition) is 2. The summed E-state index contributed by atoms with van der Waals surface area (Å²) in [5.74, 6) is 1.49. The lowest BCUT2D eigenvalue weighted by Crippen LogP contribution is -2.24. The molecule has 1 rings (SSSR count). The van der Waals surface area contributed by atoms with Gasteiger partial charge in [0.05, 0.1) is 5.75 Å². The molecule has 0 aliphatic rings. The normalized spacial score (nSPS) is 10.0. The average Bonchev–Trinajstić information content (AvgIpc) is 2.21. The monoisotopic (exact) mass is 287 g/mol. The molecule has 0 aliphatic heterocycles. The number of rotatable bonds is 5. The Morgan fingerprint density at radius 1 is 1.47 bits per heavy atom. The first-order valence-electron chi connectivity index (χ1n) is 4.82. The molecule has 0 saturated carbocycles. The molecule has 0 unspecified atom stereocenters. The molecule has 0 spiro atoms. The van der Waals surface area contributed by atoms with E-state index in [0.717, 1.165) is 10.2 Å². The van der Waals surface area contributed by atoms with Crippen molar-refractivity contribution in [1.82, 2.24) is 5.32 Å². The zero-order valence-corrected chi connectivity index (χ0v) is 11.0. The third-order valence-corrected chi connectivity index (χ3v) is 3.58. The Morgan fingerprint density at radius 2 is 2.20 bits per heavy atom. The molecule has 1 N–H and O–H groups in total. The second-order valence-electron chi connectivity index (χ2n) is 3.04. The Morgan fingerprint density at radius 3 is 2.87 bits per heavy atom. The molecular formula is C11H14BrNOS. The van der Waals surface area contributed by atoms with E-state index in [-0.39, 0.29) is 5.91 Å². The first kappa shape index (κ1) is 12.6. The van der Waals surface area contributed by atoms with Crippen LogP contribution in [0.4, 0.5) is 0 Å². The van der Waals surface area contributed by atoms with Crippen molar-refractivity contribution < 1.29 is 4.79 Å². The van der Waals surface area contributed by atoms with Gasteiger partial charge in [-0.15, -0.1) is 11.8 Å². The molecule has 0 aromatic heterocycles. The highest BCUT2D eigenvalue weighted by atomic mass is 79.9. The molecule has 0 heterocycles. The quantitative estimate of drug-likeness (QED) is 0.902. The molecule has 4 heteroatoms. The fourth-order valence-corrected chi connectivity index (χ4v) is 2.59. The van der Waals surface area contributed by atoms with Crippen LogP contribution in [-0.2, 0) is 10.5 Å². The van der Waals surface area contributed by atoms with Crippen molar-refractivity contribution in [3.8, 4) is 0 Å². The topological polar surface area (TPSA) is 29.1 Å². The molecular weight excluding hydrogens is 274 g/mol. The van der Waals surface area contributed by atoms with E-state index in [4.69, 9.17) is 0 Å². The number of thioether (sulfide) groups is 1. The fraction of sp³-hybridized carbons (Fsp3) is 0.364. The predicted molar refractivity (Wildman–Crippen MR) is 69.0 cm³/mol. The summed E-state index contributed by atoms with van der Waals surface area (Å²) in [6.45, 7) is 2.63. The molecule has 0 radical (unpaired) electrons. The van der Waals surface area contributed by atoms with Crippen LogP contribution in [0.15, 0.2) is 28.7 Å². The van der Waals surface area contributed by atoms with Crippen LogP contribution in [0.3, 0.4) is 0 Å². The van der Waals surface area contributed by atoms with Gasteiger partial charge in [-0.3, -0.25) is 4.79 Å². The molecule has 0 saturated heterocycles. The second-order valence-corrected chi connectivity index (χ2v) is 4.88. The third kappa shape index (κ3) is 4.71. The van der Waals surface area contributed by atoms with E-state index in [1.54, 1.807) is 11.8 Å². The van der Waals surface area contributed by atoms with Crippen molar-refractivity contribution in [2.24, 2.45) is 0 Å².